The number of nitrogens with two attached hydrogens (primary N) is 2. The van der Waals surface area contributed by atoms with Crippen molar-refractivity contribution in [3.8, 4) is 0 Å². The van der Waals surface area contributed by atoms with Gasteiger partial charge in [-0.2, -0.15) is 0 Å². The van der Waals surface area contributed by atoms with Crippen LogP contribution >= 0.6 is 11.3 Å². The van der Waals surface area contributed by atoms with Gasteiger partial charge in [0, 0.05) is 13.1 Å². The molecule has 0 unspecified atom stereocenters. The summed E-state index contributed by atoms with van der Waals surface area (Å²) in [5.41, 5.74) is 10.7. The minimum atomic E-state index is -0.495. The normalized spacial score (nSPS) is 16.1. The van der Waals surface area contributed by atoms with Crippen LogP contribution in [0, 0.1) is 0 Å². The molecule has 0 aliphatic carbocycles. The summed E-state index contributed by atoms with van der Waals surface area (Å²) in [4.78, 5) is 17.6. The lowest BCUT2D eigenvalue weighted by molar-refractivity contribution is 0.100. The lowest BCUT2D eigenvalue weighted by Crippen LogP contribution is -2.17. The Morgan fingerprint density at radius 1 is 1.43 bits per heavy atom. The molecular formula is C8H12N4OS. The number of aromatic nitrogens is 1. The second-order valence-electron chi connectivity index (χ2n) is 3.27. The molecule has 0 aromatic carbocycles. The summed E-state index contributed by atoms with van der Waals surface area (Å²) in [6, 6.07) is 0. The highest BCUT2D eigenvalue weighted by atomic mass is 32.1. The van der Waals surface area contributed by atoms with E-state index in [-0.39, 0.29) is 5.82 Å². The Balaban J connectivity index is 2.27. The highest BCUT2D eigenvalue weighted by molar-refractivity contribution is 7.18. The van der Waals surface area contributed by atoms with Crippen LogP contribution in [-0.2, 0) is 0 Å². The number of primary amides is 1. The molecule has 1 aromatic rings. The molecule has 0 bridgehead atoms. The van der Waals surface area contributed by atoms with E-state index in [1.54, 1.807) is 0 Å². The lowest BCUT2D eigenvalue weighted by atomic mass is 10.4. The molecule has 2 heterocycles. The number of amides is 1. The standard InChI is InChI=1S/C8H12N4OS/c9-6-5(7(10)13)14-8(11-6)12-3-1-2-4-12/h1-4,9H2,(H2,10,13). The Bertz CT molecular complexity index is 356. The van der Waals surface area contributed by atoms with E-state index < -0.39 is 5.91 Å². The van der Waals surface area contributed by atoms with Gasteiger partial charge in [-0.25, -0.2) is 4.98 Å². The zero-order valence-corrected chi connectivity index (χ0v) is 8.51. The Morgan fingerprint density at radius 2 is 2.07 bits per heavy atom. The zero-order chi connectivity index (χ0) is 10.1. The van der Waals surface area contributed by atoms with Gasteiger partial charge in [-0.1, -0.05) is 11.3 Å². The van der Waals surface area contributed by atoms with Crippen molar-refractivity contribution in [2.24, 2.45) is 5.73 Å². The molecule has 14 heavy (non-hydrogen) atoms. The number of hydrogen-bond donors (Lipinski definition) is 2. The molecule has 1 aliphatic rings. The van der Waals surface area contributed by atoms with Crippen molar-refractivity contribution in [1.29, 1.82) is 0 Å². The van der Waals surface area contributed by atoms with Gasteiger partial charge < -0.3 is 16.4 Å². The van der Waals surface area contributed by atoms with Crippen LogP contribution in [0.1, 0.15) is 22.5 Å². The number of carbonyl (C=O) groups is 1. The third-order valence-electron chi connectivity index (χ3n) is 2.24. The van der Waals surface area contributed by atoms with Gasteiger partial charge in [0.25, 0.3) is 5.91 Å². The van der Waals surface area contributed by atoms with Gasteiger partial charge in [-0.15, -0.1) is 0 Å². The molecule has 2 rings (SSSR count). The number of nitrogen functional groups attached to an aromatic ring is 1. The van der Waals surface area contributed by atoms with Gasteiger partial charge >= 0.3 is 0 Å². The Hall–Kier alpha value is -1.30. The molecule has 1 amide bonds. The summed E-state index contributed by atoms with van der Waals surface area (Å²) in [6.45, 7) is 1.98. The van der Waals surface area contributed by atoms with E-state index in [0.717, 1.165) is 18.2 Å². The summed E-state index contributed by atoms with van der Waals surface area (Å²) in [5, 5.41) is 0.814. The molecule has 1 aliphatic heterocycles. The first-order chi connectivity index (χ1) is 6.68. The lowest BCUT2D eigenvalue weighted by Gasteiger charge is -2.11. The maximum absolute atomic E-state index is 10.9. The van der Waals surface area contributed by atoms with Crippen LogP contribution in [0.5, 0.6) is 0 Å². The molecule has 1 aromatic heterocycles. The van der Waals surface area contributed by atoms with Crippen molar-refractivity contribution in [2.75, 3.05) is 23.7 Å². The van der Waals surface area contributed by atoms with Crippen LogP contribution in [0.2, 0.25) is 0 Å². The predicted octanol–water partition coefficient (Wildman–Crippen LogP) is 0.424. The fourth-order valence-corrected chi connectivity index (χ4v) is 2.43. The predicted molar refractivity (Wildman–Crippen MR) is 56.5 cm³/mol. The molecule has 0 spiro atoms. The highest BCUT2D eigenvalue weighted by Gasteiger charge is 2.19. The Kier molecular flexibility index (Phi) is 2.28. The van der Waals surface area contributed by atoms with Crippen molar-refractivity contribution in [1.82, 2.24) is 4.98 Å². The van der Waals surface area contributed by atoms with E-state index in [4.69, 9.17) is 11.5 Å². The van der Waals surface area contributed by atoms with Crippen LogP contribution in [0.25, 0.3) is 0 Å². The van der Waals surface area contributed by atoms with Gasteiger partial charge in [-0.05, 0) is 12.8 Å². The van der Waals surface area contributed by atoms with E-state index in [0.29, 0.717) is 4.88 Å². The quantitative estimate of drug-likeness (QED) is 0.744. The van der Waals surface area contributed by atoms with Crippen molar-refractivity contribution < 1.29 is 4.79 Å². The molecule has 1 fully saturated rings. The Morgan fingerprint density at radius 3 is 2.57 bits per heavy atom. The summed E-state index contributed by atoms with van der Waals surface area (Å²) in [7, 11) is 0. The number of nitrogens with zero attached hydrogens (tertiary/aromatic N) is 2. The maximum atomic E-state index is 10.9. The van der Waals surface area contributed by atoms with Crippen LogP contribution in [0.15, 0.2) is 0 Å². The van der Waals surface area contributed by atoms with Gasteiger partial charge in [0.15, 0.2) is 5.13 Å². The first kappa shape index (κ1) is 9.26. The topological polar surface area (TPSA) is 85.2 Å². The third-order valence-corrected chi connectivity index (χ3v) is 3.39. The number of thiazole rings is 1. The summed E-state index contributed by atoms with van der Waals surface area (Å²) >= 11 is 1.28. The number of hydrogen-bond acceptors (Lipinski definition) is 5. The third kappa shape index (κ3) is 1.52. The number of rotatable bonds is 2. The monoisotopic (exact) mass is 212 g/mol. The van der Waals surface area contributed by atoms with E-state index in [1.807, 2.05) is 0 Å². The first-order valence-corrected chi connectivity index (χ1v) is 5.31. The second kappa shape index (κ2) is 3.45. The van der Waals surface area contributed by atoms with Crippen LogP contribution in [-0.4, -0.2) is 24.0 Å². The zero-order valence-electron chi connectivity index (χ0n) is 7.69. The molecule has 5 nitrogen and oxygen atoms in total. The molecule has 0 radical (unpaired) electrons. The molecule has 0 saturated carbocycles. The van der Waals surface area contributed by atoms with Crippen LogP contribution in [0.3, 0.4) is 0 Å². The average Bonchev–Trinajstić information content (AvgIpc) is 2.70. The van der Waals surface area contributed by atoms with Crippen molar-refractivity contribution >= 4 is 28.2 Å². The molecule has 6 heteroatoms. The van der Waals surface area contributed by atoms with Crippen molar-refractivity contribution in [3.63, 3.8) is 0 Å². The molecule has 0 atom stereocenters. The minimum Gasteiger partial charge on any atom is -0.382 e. The van der Waals surface area contributed by atoms with Gasteiger partial charge in [0.05, 0.1) is 0 Å². The Labute approximate surface area is 85.7 Å². The van der Waals surface area contributed by atoms with Crippen LogP contribution in [0.4, 0.5) is 10.9 Å². The molecular weight excluding hydrogens is 200 g/mol. The molecule has 76 valence electrons. The largest absolute Gasteiger partial charge is 0.382 e. The second-order valence-corrected chi connectivity index (χ2v) is 4.25. The summed E-state index contributed by atoms with van der Waals surface area (Å²) in [6.07, 6.45) is 2.34. The first-order valence-electron chi connectivity index (χ1n) is 4.49. The SMILES string of the molecule is NC(=O)c1sc(N2CCCC2)nc1N. The van der Waals surface area contributed by atoms with Crippen molar-refractivity contribution in [3.05, 3.63) is 4.88 Å². The van der Waals surface area contributed by atoms with Gasteiger partial charge in [0.2, 0.25) is 0 Å². The van der Waals surface area contributed by atoms with Crippen LogP contribution < -0.4 is 16.4 Å². The number of anilines is 2. The highest BCUT2D eigenvalue weighted by Crippen LogP contribution is 2.29. The average molecular weight is 212 g/mol. The fraction of sp³-hybridized carbons (Fsp3) is 0.500. The molecule has 4 N–H and O–H groups in total. The smallest absolute Gasteiger partial charge is 0.262 e. The van der Waals surface area contributed by atoms with E-state index in [2.05, 4.69) is 9.88 Å². The van der Waals surface area contributed by atoms with Gasteiger partial charge in [0.1, 0.15) is 10.7 Å². The van der Waals surface area contributed by atoms with E-state index >= 15 is 0 Å². The molecule has 1 saturated heterocycles. The number of carbonyl (C=O) groups excluding carboxylic acids is 1. The minimum absolute atomic E-state index is 0.254. The fourth-order valence-electron chi connectivity index (χ4n) is 1.54. The van der Waals surface area contributed by atoms with E-state index in [9.17, 15) is 4.79 Å². The summed E-state index contributed by atoms with van der Waals surface area (Å²) in [5.74, 6) is -0.241. The summed E-state index contributed by atoms with van der Waals surface area (Å²) < 4.78 is 0. The maximum Gasteiger partial charge on any atom is 0.262 e. The van der Waals surface area contributed by atoms with Crippen molar-refractivity contribution in [2.45, 2.75) is 12.8 Å². The van der Waals surface area contributed by atoms with Gasteiger partial charge in [-0.3, -0.25) is 4.79 Å². The van der Waals surface area contributed by atoms with E-state index in [1.165, 1.54) is 24.2 Å².